The molecule has 4 heteroatoms. The summed E-state index contributed by atoms with van der Waals surface area (Å²) in [5, 5.41) is 8.49. The molecule has 0 heterocycles. The van der Waals surface area contributed by atoms with E-state index in [4.69, 9.17) is 14.6 Å². The average molecular weight is 222 g/mol. The predicted octanol–water partition coefficient (Wildman–Crippen LogP) is 2.19. The topological polar surface area (TPSA) is 55.8 Å². The highest BCUT2D eigenvalue weighted by Crippen LogP contribution is 2.23. The third-order valence-electron chi connectivity index (χ3n) is 1.98. The van der Waals surface area contributed by atoms with Crippen molar-refractivity contribution in [2.75, 3.05) is 14.2 Å². The SMILES string of the molecule is COc1cc(C=CCC(=O)O)cc(OC)c1. The number of hydrogen-bond acceptors (Lipinski definition) is 3. The smallest absolute Gasteiger partial charge is 0.307 e. The zero-order chi connectivity index (χ0) is 12.0. The van der Waals surface area contributed by atoms with Gasteiger partial charge in [0.25, 0.3) is 0 Å². The summed E-state index contributed by atoms with van der Waals surface area (Å²) in [6.45, 7) is 0. The van der Waals surface area contributed by atoms with E-state index >= 15 is 0 Å². The molecule has 0 bridgehead atoms. The molecule has 0 aromatic heterocycles. The summed E-state index contributed by atoms with van der Waals surface area (Å²) in [7, 11) is 3.14. The third kappa shape index (κ3) is 3.65. The number of benzene rings is 1. The van der Waals surface area contributed by atoms with E-state index in [-0.39, 0.29) is 6.42 Å². The molecule has 0 amide bonds. The van der Waals surface area contributed by atoms with Crippen molar-refractivity contribution in [1.82, 2.24) is 0 Å². The number of hydrogen-bond donors (Lipinski definition) is 1. The Balaban J connectivity index is 2.86. The second-order valence-corrected chi connectivity index (χ2v) is 3.15. The molecule has 0 radical (unpaired) electrons. The lowest BCUT2D eigenvalue weighted by molar-refractivity contribution is -0.135. The van der Waals surface area contributed by atoms with Crippen LogP contribution in [0.15, 0.2) is 24.3 Å². The average Bonchev–Trinajstić information content (AvgIpc) is 2.28. The van der Waals surface area contributed by atoms with Crippen LogP contribution in [-0.4, -0.2) is 25.3 Å². The molecule has 0 aliphatic carbocycles. The van der Waals surface area contributed by atoms with Crippen molar-refractivity contribution in [3.63, 3.8) is 0 Å². The molecule has 16 heavy (non-hydrogen) atoms. The number of ether oxygens (including phenoxy) is 2. The Bertz CT molecular complexity index is 374. The molecular weight excluding hydrogens is 208 g/mol. The molecule has 1 N–H and O–H groups in total. The Morgan fingerprint density at radius 3 is 2.25 bits per heavy atom. The highest BCUT2D eigenvalue weighted by atomic mass is 16.5. The van der Waals surface area contributed by atoms with Crippen molar-refractivity contribution in [3.8, 4) is 11.5 Å². The number of rotatable bonds is 5. The van der Waals surface area contributed by atoms with Crippen molar-refractivity contribution >= 4 is 12.0 Å². The second-order valence-electron chi connectivity index (χ2n) is 3.15. The van der Waals surface area contributed by atoms with E-state index in [0.717, 1.165) is 5.56 Å². The Morgan fingerprint density at radius 2 is 1.81 bits per heavy atom. The van der Waals surface area contributed by atoms with E-state index in [0.29, 0.717) is 11.5 Å². The summed E-state index contributed by atoms with van der Waals surface area (Å²) >= 11 is 0. The van der Waals surface area contributed by atoms with E-state index in [9.17, 15) is 4.79 Å². The van der Waals surface area contributed by atoms with E-state index in [2.05, 4.69) is 0 Å². The van der Waals surface area contributed by atoms with Gasteiger partial charge in [-0.2, -0.15) is 0 Å². The summed E-state index contributed by atoms with van der Waals surface area (Å²) in [5.74, 6) is 0.495. The lowest BCUT2D eigenvalue weighted by Crippen LogP contribution is -1.90. The molecular formula is C12H14O4. The third-order valence-corrected chi connectivity index (χ3v) is 1.98. The van der Waals surface area contributed by atoms with Gasteiger partial charge in [0.1, 0.15) is 11.5 Å². The second kappa shape index (κ2) is 5.80. The van der Waals surface area contributed by atoms with Crippen LogP contribution in [0.1, 0.15) is 12.0 Å². The van der Waals surface area contributed by atoms with Crippen LogP contribution in [0.5, 0.6) is 11.5 Å². The van der Waals surface area contributed by atoms with Gasteiger partial charge in [0, 0.05) is 6.07 Å². The van der Waals surface area contributed by atoms with Crippen molar-refractivity contribution in [3.05, 3.63) is 29.8 Å². The van der Waals surface area contributed by atoms with Crippen LogP contribution >= 0.6 is 0 Å². The first-order valence-corrected chi connectivity index (χ1v) is 4.77. The summed E-state index contributed by atoms with van der Waals surface area (Å²) in [4.78, 5) is 10.3. The number of methoxy groups -OCH3 is 2. The number of carbonyl (C=O) groups is 1. The molecule has 1 aromatic carbocycles. The van der Waals surface area contributed by atoms with E-state index in [1.165, 1.54) is 0 Å². The Morgan fingerprint density at radius 1 is 1.25 bits per heavy atom. The first-order valence-electron chi connectivity index (χ1n) is 4.77. The van der Waals surface area contributed by atoms with Crippen LogP contribution in [0.2, 0.25) is 0 Å². The Kier molecular flexibility index (Phi) is 4.39. The van der Waals surface area contributed by atoms with Gasteiger partial charge >= 0.3 is 5.97 Å². The number of carboxylic acid groups (broad SMARTS) is 1. The molecule has 0 spiro atoms. The zero-order valence-corrected chi connectivity index (χ0v) is 9.27. The first kappa shape index (κ1) is 12.1. The fourth-order valence-electron chi connectivity index (χ4n) is 1.22. The summed E-state index contributed by atoms with van der Waals surface area (Å²) in [6.07, 6.45) is 3.30. The fraction of sp³-hybridized carbons (Fsp3) is 0.250. The maximum Gasteiger partial charge on any atom is 0.307 e. The molecule has 1 aromatic rings. The predicted molar refractivity (Wildman–Crippen MR) is 60.8 cm³/mol. The van der Waals surface area contributed by atoms with Crippen LogP contribution in [0, 0.1) is 0 Å². The monoisotopic (exact) mass is 222 g/mol. The molecule has 0 atom stereocenters. The Labute approximate surface area is 94.1 Å². The molecule has 0 saturated heterocycles. The van der Waals surface area contributed by atoms with Gasteiger partial charge < -0.3 is 14.6 Å². The minimum Gasteiger partial charge on any atom is -0.497 e. The summed E-state index contributed by atoms with van der Waals surface area (Å²) in [6, 6.07) is 5.37. The maximum absolute atomic E-state index is 10.3. The molecule has 0 saturated carbocycles. The molecule has 0 aliphatic rings. The normalized spacial score (nSPS) is 10.4. The Hall–Kier alpha value is -1.97. The molecule has 0 unspecified atom stereocenters. The van der Waals surface area contributed by atoms with Crippen molar-refractivity contribution in [2.24, 2.45) is 0 Å². The summed E-state index contributed by atoms with van der Waals surface area (Å²) in [5.41, 5.74) is 0.845. The van der Waals surface area contributed by atoms with Gasteiger partial charge in [-0.05, 0) is 17.7 Å². The van der Waals surface area contributed by atoms with Gasteiger partial charge in [0.05, 0.1) is 20.6 Å². The quantitative estimate of drug-likeness (QED) is 0.829. The van der Waals surface area contributed by atoms with Crippen LogP contribution in [-0.2, 0) is 4.79 Å². The zero-order valence-electron chi connectivity index (χ0n) is 9.27. The standard InChI is InChI=1S/C12H14O4/c1-15-10-6-9(4-3-5-12(13)14)7-11(8-10)16-2/h3-4,6-8H,5H2,1-2H3,(H,13,14). The molecule has 0 fully saturated rings. The lowest BCUT2D eigenvalue weighted by atomic mass is 10.1. The van der Waals surface area contributed by atoms with Gasteiger partial charge in [-0.3, -0.25) is 4.79 Å². The summed E-state index contributed by atoms with van der Waals surface area (Å²) < 4.78 is 10.2. The van der Waals surface area contributed by atoms with Gasteiger partial charge in [0.2, 0.25) is 0 Å². The van der Waals surface area contributed by atoms with Crippen molar-refractivity contribution in [1.29, 1.82) is 0 Å². The van der Waals surface area contributed by atoms with Gasteiger partial charge in [-0.1, -0.05) is 12.2 Å². The van der Waals surface area contributed by atoms with E-state index < -0.39 is 5.97 Å². The molecule has 4 nitrogen and oxygen atoms in total. The van der Waals surface area contributed by atoms with E-state index in [1.807, 2.05) is 0 Å². The van der Waals surface area contributed by atoms with Crippen molar-refractivity contribution in [2.45, 2.75) is 6.42 Å². The van der Waals surface area contributed by atoms with Crippen LogP contribution in [0.4, 0.5) is 0 Å². The van der Waals surface area contributed by atoms with Gasteiger partial charge in [0.15, 0.2) is 0 Å². The van der Waals surface area contributed by atoms with Gasteiger partial charge in [-0.25, -0.2) is 0 Å². The van der Waals surface area contributed by atoms with Crippen LogP contribution in [0.3, 0.4) is 0 Å². The number of carboxylic acids is 1. The highest BCUT2D eigenvalue weighted by Gasteiger charge is 1.99. The minimum atomic E-state index is -0.855. The highest BCUT2D eigenvalue weighted by molar-refractivity contribution is 5.70. The maximum atomic E-state index is 10.3. The number of aliphatic carboxylic acids is 1. The minimum absolute atomic E-state index is 0.000471. The fourth-order valence-corrected chi connectivity index (χ4v) is 1.22. The molecule has 1 rings (SSSR count). The first-order chi connectivity index (χ1) is 7.65. The molecule has 86 valence electrons. The van der Waals surface area contributed by atoms with Crippen LogP contribution in [0.25, 0.3) is 6.08 Å². The van der Waals surface area contributed by atoms with Crippen LogP contribution < -0.4 is 9.47 Å². The molecule has 0 aliphatic heterocycles. The van der Waals surface area contributed by atoms with Crippen molar-refractivity contribution < 1.29 is 19.4 Å². The largest absolute Gasteiger partial charge is 0.497 e. The van der Waals surface area contributed by atoms with Gasteiger partial charge in [-0.15, -0.1) is 0 Å². The van der Waals surface area contributed by atoms with E-state index in [1.54, 1.807) is 44.6 Å². The lowest BCUT2D eigenvalue weighted by Gasteiger charge is -2.05.